The summed E-state index contributed by atoms with van der Waals surface area (Å²) >= 11 is 7.79. The summed E-state index contributed by atoms with van der Waals surface area (Å²) in [6.07, 6.45) is 0.198. The number of ether oxygens (including phenoxy) is 1. The molecular weight excluding hydrogens is 474 g/mol. The number of fused-ring (bicyclic) bond motifs is 1. The maximum Gasteiger partial charge on any atom is 0.405 e. The fraction of sp³-hybridized carbons (Fsp3) is 0.200. The first kappa shape index (κ1) is 23.7. The summed E-state index contributed by atoms with van der Waals surface area (Å²) in [6, 6.07) is 18.3. The van der Waals surface area contributed by atoms with Crippen LogP contribution in [-0.4, -0.2) is 21.6 Å². The van der Waals surface area contributed by atoms with Crippen molar-refractivity contribution >= 4 is 44.9 Å². The average Bonchev–Trinajstić information content (AvgIpc) is 3.13. The number of aromatic nitrogens is 1. The molecule has 0 fully saturated rings. The number of nitro benzene ring substituents is 1. The van der Waals surface area contributed by atoms with Crippen LogP contribution in [0.1, 0.15) is 30.0 Å². The number of primary amides is 1. The van der Waals surface area contributed by atoms with Crippen molar-refractivity contribution in [2.24, 2.45) is 5.73 Å². The third-order valence-electron chi connectivity index (χ3n) is 5.24. The highest BCUT2D eigenvalue weighted by atomic mass is 35.5. The van der Waals surface area contributed by atoms with Gasteiger partial charge in [-0.15, -0.1) is 11.3 Å². The van der Waals surface area contributed by atoms with E-state index < -0.39 is 16.6 Å². The van der Waals surface area contributed by atoms with E-state index in [1.807, 2.05) is 24.3 Å². The van der Waals surface area contributed by atoms with E-state index in [9.17, 15) is 14.9 Å². The van der Waals surface area contributed by atoms with Gasteiger partial charge in [0.1, 0.15) is 5.60 Å². The molecule has 0 aliphatic carbocycles. The number of nitrogens with zero attached hydrogens (tertiary/aromatic N) is 2. The molecule has 4 aromatic rings. The maximum absolute atomic E-state index is 11.3. The van der Waals surface area contributed by atoms with Crippen LogP contribution >= 0.6 is 22.9 Å². The van der Waals surface area contributed by atoms with Crippen LogP contribution in [0.3, 0.4) is 0 Å². The molecule has 3 aromatic carbocycles. The molecular formula is C25H22ClN3O4S. The molecule has 0 unspecified atom stereocenters. The molecule has 4 rings (SSSR count). The van der Waals surface area contributed by atoms with Crippen molar-refractivity contribution in [1.82, 2.24) is 4.98 Å². The van der Waals surface area contributed by atoms with Crippen LogP contribution in [0.25, 0.3) is 21.3 Å². The zero-order chi connectivity index (χ0) is 24.5. The molecule has 1 amide bonds. The standard InChI is InChI=1S/C25H22ClN3O4S/c1-25(2,33-24(27)30)14-22-28-23-20(17-4-3-5-18(26)13-17)11-16(12-21(23)34-22)10-15-6-8-19(9-7-15)29(31)32/h3-9,11-13H,10,14H2,1-2H3,(H2,27,30). The average molecular weight is 496 g/mol. The van der Waals surface area contributed by atoms with Gasteiger partial charge in [0, 0.05) is 29.1 Å². The molecule has 0 aliphatic heterocycles. The van der Waals surface area contributed by atoms with E-state index in [0.717, 1.165) is 37.5 Å². The Balaban J connectivity index is 1.76. The summed E-state index contributed by atoms with van der Waals surface area (Å²) < 4.78 is 6.22. The van der Waals surface area contributed by atoms with E-state index in [0.29, 0.717) is 17.9 Å². The second kappa shape index (κ2) is 9.40. The summed E-state index contributed by atoms with van der Waals surface area (Å²) in [5.41, 5.74) is 9.20. The van der Waals surface area contributed by atoms with Gasteiger partial charge in [0.05, 0.1) is 20.1 Å². The van der Waals surface area contributed by atoms with Crippen LogP contribution in [0.2, 0.25) is 5.02 Å². The lowest BCUT2D eigenvalue weighted by atomic mass is 9.98. The maximum atomic E-state index is 11.3. The number of carbonyl (C=O) groups is 1. The molecule has 0 spiro atoms. The molecule has 0 aliphatic rings. The van der Waals surface area contributed by atoms with E-state index in [1.54, 1.807) is 26.0 Å². The topological polar surface area (TPSA) is 108 Å². The number of carbonyl (C=O) groups excluding carboxylic acids is 1. The van der Waals surface area contributed by atoms with Gasteiger partial charge < -0.3 is 10.5 Å². The number of nitrogens with two attached hydrogens (primary N) is 1. The number of benzene rings is 3. The largest absolute Gasteiger partial charge is 0.443 e. The molecule has 0 atom stereocenters. The lowest BCUT2D eigenvalue weighted by Crippen LogP contribution is -2.33. The van der Waals surface area contributed by atoms with E-state index in [4.69, 9.17) is 27.1 Å². The first-order chi connectivity index (χ1) is 16.1. The van der Waals surface area contributed by atoms with Crippen molar-refractivity contribution in [2.75, 3.05) is 0 Å². The highest BCUT2D eigenvalue weighted by Gasteiger charge is 2.25. The fourth-order valence-corrected chi connectivity index (χ4v) is 5.29. The molecule has 34 heavy (non-hydrogen) atoms. The van der Waals surface area contributed by atoms with Crippen molar-refractivity contribution < 1.29 is 14.5 Å². The number of nitro groups is 1. The number of thiazole rings is 1. The Bertz CT molecular complexity index is 1380. The molecule has 1 aromatic heterocycles. The second-order valence-corrected chi connectivity index (χ2v) is 10.1. The third-order valence-corrected chi connectivity index (χ3v) is 6.48. The minimum Gasteiger partial charge on any atom is -0.443 e. The molecule has 174 valence electrons. The molecule has 0 saturated heterocycles. The Morgan fingerprint density at radius 1 is 1.15 bits per heavy atom. The highest BCUT2D eigenvalue weighted by Crippen LogP contribution is 2.36. The number of hydrogen-bond donors (Lipinski definition) is 1. The van der Waals surface area contributed by atoms with Crippen molar-refractivity contribution in [1.29, 1.82) is 0 Å². The van der Waals surface area contributed by atoms with Crippen LogP contribution in [0.5, 0.6) is 0 Å². The zero-order valence-corrected chi connectivity index (χ0v) is 20.2. The minimum atomic E-state index is -0.823. The van der Waals surface area contributed by atoms with Gasteiger partial charge in [-0.25, -0.2) is 9.78 Å². The summed E-state index contributed by atoms with van der Waals surface area (Å²) in [5.74, 6) is 0. The Hall–Kier alpha value is -3.49. The Kier molecular flexibility index (Phi) is 6.54. The first-order valence-corrected chi connectivity index (χ1v) is 11.7. The van der Waals surface area contributed by atoms with E-state index in [-0.39, 0.29) is 5.69 Å². The predicted molar refractivity (Wildman–Crippen MR) is 134 cm³/mol. The van der Waals surface area contributed by atoms with Crippen molar-refractivity contribution in [2.45, 2.75) is 32.3 Å². The van der Waals surface area contributed by atoms with Gasteiger partial charge in [0.15, 0.2) is 0 Å². The van der Waals surface area contributed by atoms with Crippen LogP contribution < -0.4 is 5.73 Å². The summed E-state index contributed by atoms with van der Waals surface area (Å²) in [4.78, 5) is 26.7. The normalized spacial score (nSPS) is 11.5. The minimum absolute atomic E-state index is 0.0618. The molecule has 0 bridgehead atoms. The van der Waals surface area contributed by atoms with Crippen LogP contribution in [0.15, 0.2) is 60.7 Å². The molecule has 0 radical (unpaired) electrons. The van der Waals surface area contributed by atoms with Gasteiger partial charge in [-0.1, -0.05) is 35.9 Å². The lowest BCUT2D eigenvalue weighted by Gasteiger charge is -2.22. The summed E-state index contributed by atoms with van der Waals surface area (Å²) in [6.45, 7) is 3.59. The lowest BCUT2D eigenvalue weighted by molar-refractivity contribution is -0.384. The number of hydrogen-bond acceptors (Lipinski definition) is 6. The molecule has 7 nitrogen and oxygen atoms in total. The van der Waals surface area contributed by atoms with Crippen molar-refractivity contribution in [3.63, 3.8) is 0 Å². The number of non-ortho nitro benzene ring substituents is 1. The zero-order valence-electron chi connectivity index (χ0n) is 18.6. The van der Waals surface area contributed by atoms with Crippen LogP contribution in [-0.2, 0) is 17.6 Å². The Morgan fingerprint density at radius 3 is 2.53 bits per heavy atom. The predicted octanol–water partition coefficient (Wildman–Crippen LogP) is 6.53. The fourth-order valence-electron chi connectivity index (χ4n) is 3.83. The monoisotopic (exact) mass is 495 g/mol. The van der Waals surface area contributed by atoms with Gasteiger partial charge >= 0.3 is 6.09 Å². The van der Waals surface area contributed by atoms with Crippen molar-refractivity contribution in [3.05, 3.63) is 91.9 Å². The molecule has 9 heteroatoms. The quantitative estimate of drug-likeness (QED) is 0.231. The summed E-state index contributed by atoms with van der Waals surface area (Å²) in [5, 5.41) is 12.4. The van der Waals surface area contributed by atoms with Gasteiger partial charge in [-0.2, -0.15) is 0 Å². The number of rotatable bonds is 7. The third kappa shape index (κ3) is 5.52. The number of amides is 1. The molecule has 0 saturated carbocycles. The van der Waals surface area contributed by atoms with Gasteiger partial charge in [-0.3, -0.25) is 10.1 Å². The van der Waals surface area contributed by atoms with Crippen LogP contribution in [0.4, 0.5) is 10.5 Å². The Morgan fingerprint density at radius 2 is 1.88 bits per heavy atom. The summed E-state index contributed by atoms with van der Waals surface area (Å²) in [7, 11) is 0. The van der Waals surface area contributed by atoms with E-state index >= 15 is 0 Å². The van der Waals surface area contributed by atoms with Gasteiger partial charge in [0.2, 0.25) is 0 Å². The Labute approximate surface area is 205 Å². The van der Waals surface area contributed by atoms with E-state index in [2.05, 4.69) is 12.1 Å². The van der Waals surface area contributed by atoms with Crippen LogP contribution in [0, 0.1) is 10.1 Å². The van der Waals surface area contributed by atoms with E-state index in [1.165, 1.54) is 23.5 Å². The molecule has 2 N–H and O–H groups in total. The van der Waals surface area contributed by atoms with Gasteiger partial charge in [-0.05, 0) is 61.2 Å². The van der Waals surface area contributed by atoms with Gasteiger partial charge in [0.25, 0.3) is 5.69 Å². The number of halogens is 1. The van der Waals surface area contributed by atoms with Crippen molar-refractivity contribution in [3.8, 4) is 11.1 Å². The molecule has 1 heterocycles. The SMILES string of the molecule is CC(C)(Cc1nc2c(-c3cccc(Cl)c3)cc(Cc3ccc([N+](=O)[O-])cc3)cc2s1)OC(N)=O. The highest BCUT2D eigenvalue weighted by molar-refractivity contribution is 7.18. The smallest absolute Gasteiger partial charge is 0.405 e. The first-order valence-electron chi connectivity index (χ1n) is 10.5. The second-order valence-electron chi connectivity index (χ2n) is 8.57.